The molecule has 1 amide bonds. The SMILES string of the molecule is CC(C(=O)Nc1ccc(Cl)c(Cl)c1)N1CCN(C2CCCC2)CC1. The highest BCUT2D eigenvalue weighted by molar-refractivity contribution is 6.42. The van der Waals surface area contributed by atoms with Crippen molar-refractivity contribution in [2.24, 2.45) is 0 Å². The van der Waals surface area contributed by atoms with Gasteiger partial charge in [-0.15, -0.1) is 0 Å². The molecule has 1 aliphatic carbocycles. The quantitative estimate of drug-likeness (QED) is 0.874. The minimum absolute atomic E-state index is 0.00251. The fourth-order valence-corrected chi connectivity index (χ4v) is 4.04. The molecular formula is C18H25Cl2N3O. The van der Waals surface area contributed by atoms with Crippen LogP contribution in [0.2, 0.25) is 10.0 Å². The highest BCUT2D eigenvalue weighted by Crippen LogP contribution is 2.26. The van der Waals surface area contributed by atoms with Crippen LogP contribution in [0.25, 0.3) is 0 Å². The molecule has 1 aromatic carbocycles. The largest absolute Gasteiger partial charge is 0.325 e. The van der Waals surface area contributed by atoms with Gasteiger partial charge in [-0.1, -0.05) is 36.0 Å². The zero-order chi connectivity index (χ0) is 17.1. The van der Waals surface area contributed by atoms with E-state index in [1.807, 2.05) is 6.92 Å². The molecule has 24 heavy (non-hydrogen) atoms. The van der Waals surface area contributed by atoms with E-state index >= 15 is 0 Å². The van der Waals surface area contributed by atoms with Gasteiger partial charge in [-0.3, -0.25) is 14.6 Å². The average molecular weight is 370 g/mol. The Balaban J connectivity index is 1.51. The van der Waals surface area contributed by atoms with Gasteiger partial charge in [0.25, 0.3) is 0 Å². The number of benzene rings is 1. The third-order valence-electron chi connectivity index (χ3n) is 5.30. The molecule has 1 unspecified atom stereocenters. The Morgan fingerprint density at radius 1 is 1.12 bits per heavy atom. The van der Waals surface area contributed by atoms with Crippen LogP contribution in [0.1, 0.15) is 32.6 Å². The molecule has 1 saturated carbocycles. The Morgan fingerprint density at radius 2 is 1.79 bits per heavy atom. The monoisotopic (exact) mass is 369 g/mol. The molecule has 1 heterocycles. The molecule has 0 aromatic heterocycles. The van der Waals surface area contributed by atoms with Crippen LogP contribution in [0.4, 0.5) is 5.69 Å². The predicted octanol–water partition coefficient (Wildman–Crippen LogP) is 3.88. The number of anilines is 1. The summed E-state index contributed by atoms with van der Waals surface area (Å²) in [6.07, 6.45) is 5.42. The summed E-state index contributed by atoms with van der Waals surface area (Å²) in [5, 5.41) is 3.88. The Labute approximate surface area is 154 Å². The number of carbonyl (C=O) groups excluding carboxylic acids is 1. The number of nitrogens with zero attached hydrogens (tertiary/aromatic N) is 2. The van der Waals surface area contributed by atoms with Crippen LogP contribution in [0.15, 0.2) is 18.2 Å². The maximum absolute atomic E-state index is 12.5. The van der Waals surface area contributed by atoms with Crippen LogP contribution >= 0.6 is 23.2 Å². The van der Waals surface area contributed by atoms with Gasteiger partial charge in [0, 0.05) is 37.9 Å². The van der Waals surface area contributed by atoms with E-state index in [9.17, 15) is 4.79 Å². The first kappa shape index (κ1) is 18.0. The molecule has 1 N–H and O–H groups in total. The Morgan fingerprint density at radius 3 is 2.42 bits per heavy atom. The van der Waals surface area contributed by atoms with Crippen LogP contribution in [0, 0.1) is 0 Å². The van der Waals surface area contributed by atoms with E-state index in [-0.39, 0.29) is 11.9 Å². The molecule has 6 heteroatoms. The van der Waals surface area contributed by atoms with E-state index in [1.165, 1.54) is 25.7 Å². The maximum Gasteiger partial charge on any atom is 0.241 e. The van der Waals surface area contributed by atoms with Crippen LogP contribution in [-0.2, 0) is 4.79 Å². The lowest BCUT2D eigenvalue weighted by molar-refractivity contribution is -0.121. The van der Waals surface area contributed by atoms with Crippen molar-refractivity contribution in [3.63, 3.8) is 0 Å². The van der Waals surface area contributed by atoms with Crippen molar-refractivity contribution in [1.29, 1.82) is 0 Å². The summed E-state index contributed by atoms with van der Waals surface area (Å²) >= 11 is 11.9. The summed E-state index contributed by atoms with van der Waals surface area (Å²) in [6, 6.07) is 5.78. The lowest BCUT2D eigenvalue weighted by Gasteiger charge is -2.40. The van der Waals surface area contributed by atoms with Crippen molar-refractivity contribution in [3.05, 3.63) is 28.2 Å². The number of piperazine rings is 1. The Bertz CT molecular complexity index is 582. The summed E-state index contributed by atoms with van der Waals surface area (Å²) in [5.41, 5.74) is 0.686. The summed E-state index contributed by atoms with van der Waals surface area (Å²) in [7, 11) is 0. The third-order valence-corrected chi connectivity index (χ3v) is 6.04. The number of carbonyl (C=O) groups is 1. The van der Waals surface area contributed by atoms with Crippen LogP contribution in [0.3, 0.4) is 0 Å². The zero-order valence-electron chi connectivity index (χ0n) is 14.1. The molecule has 0 spiro atoms. The number of hydrogen-bond acceptors (Lipinski definition) is 3. The average Bonchev–Trinajstić information content (AvgIpc) is 3.12. The van der Waals surface area contributed by atoms with Gasteiger partial charge in [0.15, 0.2) is 0 Å². The normalized spacial score (nSPS) is 21.8. The number of nitrogens with one attached hydrogen (secondary N) is 1. The molecule has 132 valence electrons. The molecule has 1 aliphatic heterocycles. The van der Waals surface area contributed by atoms with Gasteiger partial charge in [0.2, 0.25) is 5.91 Å². The summed E-state index contributed by atoms with van der Waals surface area (Å²) in [5.74, 6) is 0.00251. The minimum atomic E-state index is -0.148. The zero-order valence-corrected chi connectivity index (χ0v) is 15.6. The molecule has 2 fully saturated rings. The molecule has 1 atom stereocenters. The lowest BCUT2D eigenvalue weighted by Crippen LogP contribution is -2.54. The highest BCUT2D eigenvalue weighted by atomic mass is 35.5. The molecule has 4 nitrogen and oxygen atoms in total. The van der Waals surface area contributed by atoms with Gasteiger partial charge < -0.3 is 5.32 Å². The fraction of sp³-hybridized carbons (Fsp3) is 0.611. The lowest BCUT2D eigenvalue weighted by atomic mass is 10.1. The van der Waals surface area contributed by atoms with Crippen molar-refractivity contribution in [2.75, 3.05) is 31.5 Å². The van der Waals surface area contributed by atoms with Crippen molar-refractivity contribution >= 4 is 34.8 Å². The van der Waals surface area contributed by atoms with Crippen molar-refractivity contribution in [2.45, 2.75) is 44.7 Å². The molecule has 0 bridgehead atoms. The molecule has 1 saturated heterocycles. The second-order valence-corrected chi connectivity index (χ2v) is 7.62. The van der Waals surface area contributed by atoms with Gasteiger partial charge in [0.1, 0.15) is 0 Å². The first-order chi connectivity index (χ1) is 11.5. The van der Waals surface area contributed by atoms with Gasteiger partial charge in [-0.05, 0) is 38.0 Å². The van der Waals surface area contributed by atoms with Gasteiger partial charge >= 0.3 is 0 Å². The van der Waals surface area contributed by atoms with Gasteiger partial charge in [-0.25, -0.2) is 0 Å². The van der Waals surface area contributed by atoms with E-state index < -0.39 is 0 Å². The van der Waals surface area contributed by atoms with Crippen molar-refractivity contribution in [3.8, 4) is 0 Å². The second-order valence-electron chi connectivity index (χ2n) is 6.80. The maximum atomic E-state index is 12.5. The topological polar surface area (TPSA) is 35.6 Å². The van der Waals surface area contributed by atoms with Gasteiger partial charge in [0.05, 0.1) is 16.1 Å². The van der Waals surface area contributed by atoms with E-state index in [4.69, 9.17) is 23.2 Å². The summed E-state index contributed by atoms with van der Waals surface area (Å²) in [4.78, 5) is 17.4. The Kier molecular flexibility index (Phi) is 6.03. The predicted molar refractivity (Wildman–Crippen MR) is 100.0 cm³/mol. The third kappa shape index (κ3) is 4.23. The second kappa shape index (κ2) is 8.05. The van der Waals surface area contributed by atoms with Crippen molar-refractivity contribution < 1.29 is 4.79 Å². The van der Waals surface area contributed by atoms with Crippen molar-refractivity contribution in [1.82, 2.24) is 9.80 Å². The molecule has 0 radical (unpaired) electrons. The number of rotatable bonds is 4. The highest BCUT2D eigenvalue weighted by Gasteiger charge is 2.29. The molecule has 2 aliphatic rings. The number of amides is 1. The molecule has 3 rings (SSSR count). The van der Waals surface area contributed by atoms with Gasteiger partial charge in [-0.2, -0.15) is 0 Å². The minimum Gasteiger partial charge on any atom is -0.325 e. The first-order valence-electron chi connectivity index (χ1n) is 8.78. The van der Waals surface area contributed by atoms with Crippen LogP contribution < -0.4 is 5.32 Å². The fourth-order valence-electron chi connectivity index (χ4n) is 3.75. The smallest absolute Gasteiger partial charge is 0.241 e. The molecule has 1 aromatic rings. The van der Waals surface area contributed by atoms with E-state index in [0.717, 1.165) is 32.2 Å². The summed E-state index contributed by atoms with van der Waals surface area (Å²) < 4.78 is 0. The van der Waals surface area contributed by atoms with E-state index in [0.29, 0.717) is 15.7 Å². The van der Waals surface area contributed by atoms with Crippen LogP contribution in [0.5, 0.6) is 0 Å². The van der Waals surface area contributed by atoms with E-state index in [2.05, 4.69) is 15.1 Å². The van der Waals surface area contributed by atoms with E-state index in [1.54, 1.807) is 18.2 Å². The Hall–Kier alpha value is -0.810. The first-order valence-corrected chi connectivity index (χ1v) is 9.54. The molecular weight excluding hydrogens is 345 g/mol. The summed E-state index contributed by atoms with van der Waals surface area (Å²) in [6.45, 7) is 6.00. The number of halogens is 2. The number of hydrogen-bond donors (Lipinski definition) is 1. The standard InChI is InChI=1S/C18H25Cl2N3O/c1-13(18(24)21-14-6-7-16(19)17(20)12-14)22-8-10-23(11-9-22)15-4-2-3-5-15/h6-7,12-13,15H,2-5,8-11H2,1H3,(H,21,24). The van der Waals surface area contributed by atoms with Crippen LogP contribution in [-0.4, -0.2) is 54.0 Å².